The first-order chi connectivity index (χ1) is 10.4. The van der Waals surface area contributed by atoms with Gasteiger partial charge in [-0.05, 0) is 50.6 Å². The molecular formula is C17H29N3S. The SMILES string of the molecule is CCNCCCc1nnc(C2CCC3CCCCC3C2)s1. The molecule has 0 aromatic carbocycles. The summed E-state index contributed by atoms with van der Waals surface area (Å²) in [6.45, 7) is 4.31. The third-order valence-corrected chi connectivity index (χ3v) is 6.51. The number of aryl methyl sites for hydroxylation is 1. The van der Waals surface area contributed by atoms with Crippen LogP contribution in [0, 0.1) is 11.8 Å². The van der Waals surface area contributed by atoms with E-state index in [1.165, 1.54) is 61.4 Å². The lowest BCUT2D eigenvalue weighted by atomic mass is 9.68. The maximum Gasteiger partial charge on any atom is 0.120 e. The van der Waals surface area contributed by atoms with Crippen LogP contribution >= 0.6 is 11.3 Å². The Morgan fingerprint density at radius 2 is 1.95 bits per heavy atom. The molecule has 3 rings (SSSR count). The molecule has 0 saturated heterocycles. The molecule has 2 aliphatic rings. The van der Waals surface area contributed by atoms with Crippen molar-refractivity contribution in [2.75, 3.05) is 13.1 Å². The fourth-order valence-corrected chi connectivity index (χ4v) is 5.20. The Kier molecular flexibility index (Phi) is 5.64. The Morgan fingerprint density at radius 3 is 2.81 bits per heavy atom. The van der Waals surface area contributed by atoms with E-state index in [1.807, 2.05) is 11.3 Å². The maximum absolute atomic E-state index is 4.52. The summed E-state index contributed by atoms with van der Waals surface area (Å²) in [5.74, 6) is 2.73. The number of fused-ring (bicyclic) bond motifs is 1. The second-order valence-electron chi connectivity index (χ2n) is 6.81. The molecule has 3 unspecified atom stereocenters. The molecule has 21 heavy (non-hydrogen) atoms. The monoisotopic (exact) mass is 307 g/mol. The zero-order valence-electron chi connectivity index (χ0n) is 13.3. The smallest absolute Gasteiger partial charge is 0.120 e. The highest BCUT2D eigenvalue weighted by Crippen LogP contribution is 2.46. The van der Waals surface area contributed by atoms with E-state index in [-0.39, 0.29) is 0 Å². The molecule has 0 amide bonds. The molecule has 118 valence electrons. The van der Waals surface area contributed by atoms with Crippen LogP contribution in [0.15, 0.2) is 0 Å². The van der Waals surface area contributed by atoms with Gasteiger partial charge in [0, 0.05) is 12.3 Å². The van der Waals surface area contributed by atoms with Crippen molar-refractivity contribution in [1.82, 2.24) is 15.5 Å². The van der Waals surface area contributed by atoms with Crippen LogP contribution in [0.4, 0.5) is 0 Å². The minimum Gasteiger partial charge on any atom is -0.317 e. The standard InChI is InChI=1S/C17H29N3S/c1-2-18-11-5-8-16-19-20-17(21-16)15-10-9-13-6-3-4-7-14(13)12-15/h13-15,18H,2-12H2,1H3. The molecule has 1 aromatic rings. The van der Waals surface area contributed by atoms with Crippen molar-refractivity contribution in [2.45, 2.75) is 70.6 Å². The minimum absolute atomic E-state index is 0.712. The summed E-state index contributed by atoms with van der Waals surface area (Å²) in [5.41, 5.74) is 0. The van der Waals surface area contributed by atoms with E-state index >= 15 is 0 Å². The number of rotatable bonds is 6. The number of aromatic nitrogens is 2. The summed E-state index contributed by atoms with van der Waals surface area (Å²) in [6, 6.07) is 0. The van der Waals surface area contributed by atoms with E-state index in [0.29, 0.717) is 5.92 Å². The van der Waals surface area contributed by atoms with Gasteiger partial charge in [-0.2, -0.15) is 0 Å². The van der Waals surface area contributed by atoms with Crippen LogP contribution in [0.1, 0.15) is 74.2 Å². The van der Waals surface area contributed by atoms with Crippen LogP contribution in [0.25, 0.3) is 0 Å². The molecule has 2 saturated carbocycles. The van der Waals surface area contributed by atoms with Gasteiger partial charge in [-0.15, -0.1) is 21.5 Å². The Bertz CT molecular complexity index is 431. The summed E-state index contributed by atoms with van der Waals surface area (Å²) in [7, 11) is 0. The molecule has 3 nitrogen and oxygen atoms in total. The van der Waals surface area contributed by atoms with Gasteiger partial charge in [0.05, 0.1) is 0 Å². The average Bonchev–Trinajstić information content (AvgIpc) is 3.00. The second kappa shape index (κ2) is 7.68. The lowest BCUT2D eigenvalue weighted by Gasteiger charge is -2.38. The number of nitrogens with one attached hydrogen (secondary N) is 1. The maximum atomic E-state index is 4.52. The first-order valence-electron chi connectivity index (χ1n) is 8.89. The summed E-state index contributed by atoms with van der Waals surface area (Å²) in [5, 5.41) is 14.9. The van der Waals surface area contributed by atoms with E-state index in [4.69, 9.17) is 0 Å². The van der Waals surface area contributed by atoms with Crippen molar-refractivity contribution in [1.29, 1.82) is 0 Å². The predicted molar refractivity (Wildman–Crippen MR) is 88.8 cm³/mol. The molecule has 0 spiro atoms. The van der Waals surface area contributed by atoms with Gasteiger partial charge in [-0.3, -0.25) is 0 Å². The van der Waals surface area contributed by atoms with Gasteiger partial charge in [0.2, 0.25) is 0 Å². The zero-order valence-corrected chi connectivity index (χ0v) is 14.1. The summed E-state index contributed by atoms with van der Waals surface area (Å²) < 4.78 is 0. The Hall–Kier alpha value is -0.480. The van der Waals surface area contributed by atoms with E-state index in [2.05, 4.69) is 22.4 Å². The van der Waals surface area contributed by atoms with E-state index < -0.39 is 0 Å². The van der Waals surface area contributed by atoms with Gasteiger partial charge < -0.3 is 5.32 Å². The van der Waals surface area contributed by atoms with Crippen molar-refractivity contribution >= 4 is 11.3 Å². The third-order valence-electron chi connectivity index (χ3n) is 5.37. The first kappa shape index (κ1) is 15.4. The molecule has 1 aromatic heterocycles. The topological polar surface area (TPSA) is 37.8 Å². The van der Waals surface area contributed by atoms with Crippen LogP contribution in [0.3, 0.4) is 0 Å². The second-order valence-corrected chi connectivity index (χ2v) is 7.90. The highest BCUT2D eigenvalue weighted by atomic mass is 32.1. The van der Waals surface area contributed by atoms with Crippen molar-refractivity contribution in [3.05, 3.63) is 10.0 Å². The van der Waals surface area contributed by atoms with Crippen LogP contribution in [-0.2, 0) is 6.42 Å². The number of hydrogen-bond acceptors (Lipinski definition) is 4. The molecule has 2 aliphatic carbocycles. The van der Waals surface area contributed by atoms with Crippen LogP contribution < -0.4 is 5.32 Å². The van der Waals surface area contributed by atoms with Crippen LogP contribution in [-0.4, -0.2) is 23.3 Å². The van der Waals surface area contributed by atoms with Gasteiger partial charge in [0.25, 0.3) is 0 Å². The van der Waals surface area contributed by atoms with Crippen molar-refractivity contribution in [3.63, 3.8) is 0 Å². The molecular weight excluding hydrogens is 278 g/mol. The Balaban J connectivity index is 1.51. The van der Waals surface area contributed by atoms with E-state index in [0.717, 1.165) is 31.3 Å². The summed E-state index contributed by atoms with van der Waals surface area (Å²) in [6.07, 6.45) is 12.3. The molecule has 3 atom stereocenters. The molecule has 1 N–H and O–H groups in total. The van der Waals surface area contributed by atoms with Crippen LogP contribution in [0.5, 0.6) is 0 Å². The van der Waals surface area contributed by atoms with Gasteiger partial charge in [-0.1, -0.05) is 32.6 Å². The van der Waals surface area contributed by atoms with Crippen molar-refractivity contribution in [3.8, 4) is 0 Å². The highest BCUT2D eigenvalue weighted by Gasteiger charge is 2.33. The van der Waals surface area contributed by atoms with Gasteiger partial charge in [-0.25, -0.2) is 0 Å². The normalized spacial score (nSPS) is 29.3. The summed E-state index contributed by atoms with van der Waals surface area (Å²) in [4.78, 5) is 0. The van der Waals surface area contributed by atoms with Gasteiger partial charge in [0.1, 0.15) is 10.0 Å². The average molecular weight is 308 g/mol. The molecule has 4 heteroatoms. The number of nitrogens with zero attached hydrogens (tertiary/aromatic N) is 2. The Labute approximate surface area is 132 Å². The van der Waals surface area contributed by atoms with Crippen LogP contribution in [0.2, 0.25) is 0 Å². The minimum atomic E-state index is 0.712. The van der Waals surface area contributed by atoms with E-state index in [9.17, 15) is 0 Å². The third kappa shape index (κ3) is 4.04. The molecule has 0 bridgehead atoms. The lowest BCUT2D eigenvalue weighted by Crippen LogP contribution is -2.26. The van der Waals surface area contributed by atoms with E-state index in [1.54, 1.807) is 0 Å². The van der Waals surface area contributed by atoms with Gasteiger partial charge >= 0.3 is 0 Å². The lowest BCUT2D eigenvalue weighted by molar-refractivity contribution is 0.155. The van der Waals surface area contributed by atoms with Crippen molar-refractivity contribution in [2.24, 2.45) is 11.8 Å². The van der Waals surface area contributed by atoms with Gasteiger partial charge in [0.15, 0.2) is 0 Å². The fraction of sp³-hybridized carbons (Fsp3) is 0.882. The predicted octanol–water partition coefficient (Wildman–Crippen LogP) is 4.15. The first-order valence-corrected chi connectivity index (χ1v) is 9.71. The Morgan fingerprint density at radius 1 is 1.10 bits per heavy atom. The largest absolute Gasteiger partial charge is 0.317 e. The summed E-state index contributed by atoms with van der Waals surface area (Å²) >= 11 is 1.89. The fourth-order valence-electron chi connectivity index (χ4n) is 4.17. The molecule has 1 heterocycles. The molecule has 0 radical (unpaired) electrons. The molecule has 0 aliphatic heterocycles. The number of hydrogen-bond donors (Lipinski definition) is 1. The van der Waals surface area contributed by atoms with Crippen molar-refractivity contribution < 1.29 is 0 Å². The highest BCUT2D eigenvalue weighted by molar-refractivity contribution is 7.11. The zero-order chi connectivity index (χ0) is 14.5. The molecule has 2 fully saturated rings. The quantitative estimate of drug-likeness (QED) is 0.802.